The first-order chi connectivity index (χ1) is 11.7. The van der Waals surface area contributed by atoms with Crippen molar-refractivity contribution in [3.05, 3.63) is 36.7 Å². The molecule has 8 nitrogen and oxygen atoms in total. The fraction of sp³-hybridized carbons (Fsp3) is 0.562. The van der Waals surface area contributed by atoms with E-state index in [2.05, 4.69) is 15.1 Å². The van der Waals surface area contributed by atoms with Gasteiger partial charge >= 0.3 is 0 Å². The molecular weight excluding hydrogens is 310 g/mol. The van der Waals surface area contributed by atoms with Crippen molar-refractivity contribution < 1.29 is 14.3 Å². The third kappa shape index (κ3) is 3.07. The Kier molecular flexibility index (Phi) is 4.07. The minimum atomic E-state index is -0.427. The van der Waals surface area contributed by atoms with E-state index in [-0.39, 0.29) is 12.0 Å². The second-order valence-electron chi connectivity index (χ2n) is 6.44. The SMILES string of the molecule is O=C(c1ccc[nH]1)N1CCOC[C@@]2(CC[C@@H](Cn3cncn3)O2)C1. The zero-order chi connectivity index (χ0) is 16.4. The summed E-state index contributed by atoms with van der Waals surface area (Å²) in [7, 11) is 0. The van der Waals surface area contributed by atoms with Gasteiger partial charge in [0.05, 0.1) is 32.4 Å². The van der Waals surface area contributed by atoms with Gasteiger partial charge in [0.2, 0.25) is 0 Å². The predicted octanol–water partition coefficient (Wildman–Crippen LogP) is 0.697. The standard InChI is InChI=1S/C16H21N5O3/c22-15(14-2-1-5-18-14)20-6-7-23-10-16(9-20)4-3-13(24-16)8-21-12-17-11-19-21/h1-2,5,11-13,18H,3-4,6-10H2/t13-,16+/m0/s1. The lowest BCUT2D eigenvalue weighted by atomic mass is 10.00. The minimum absolute atomic E-state index is 0.00630. The maximum atomic E-state index is 12.7. The Balaban J connectivity index is 1.45. The molecule has 0 bridgehead atoms. The van der Waals surface area contributed by atoms with Crippen molar-refractivity contribution in [2.75, 3.05) is 26.3 Å². The maximum Gasteiger partial charge on any atom is 0.270 e. The van der Waals surface area contributed by atoms with Gasteiger partial charge in [0.15, 0.2) is 0 Å². The highest BCUT2D eigenvalue weighted by molar-refractivity contribution is 5.92. The highest BCUT2D eigenvalue weighted by Crippen LogP contribution is 2.33. The number of nitrogens with zero attached hydrogens (tertiary/aromatic N) is 4. The van der Waals surface area contributed by atoms with E-state index >= 15 is 0 Å². The van der Waals surface area contributed by atoms with Crippen LogP contribution in [0, 0.1) is 0 Å². The Morgan fingerprint density at radius 3 is 3.25 bits per heavy atom. The van der Waals surface area contributed by atoms with Crippen molar-refractivity contribution in [3.8, 4) is 0 Å². The van der Waals surface area contributed by atoms with E-state index in [0.29, 0.717) is 38.5 Å². The summed E-state index contributed by atoms with van der Waals surface area (Å²) in [6.07, 6.45) is 6.84. The topological polar surface area (TPSA) is 85.3 Å². The van der Waals surface area contributed by atoms with Gasteiger partial charge in [0.1, 0.15) is 23.9 Å². The zero-order valence-electron chi connectivity index (χ0n) is 13.4. The number of carbonyl (C=O) groups excluding carboxylic acids is 1. The number of nitrogens with one attached hydrogen (secondary N) is 1. The molecule has 2 aliphatic heterocycles. The average Bonchev–Trinajstić information content (AvgIpc) is 3.30. The Morgan fingerprint density at radius 1 is 1.50 bits per heavy atom. The van der Waals surface area contributed by atoms with Crippen LogP contribution in [0.3, 0.4) is 0 Å². The molecule has 0 radical (unpaired) electrons. The third-order valence-electron chi connectivity index (χ3n) is 4.66. The number of rotatable bonds is 3. The van der Waals surface area contributed by atoms with Crippen molar-refractivity contribution in [1.82, 2.24) is 24.6 Å². The zero-order valence-corrected chi connectivity index (χ0v) is 13.4. The van der Waals surface area contributed by atoms with Gasteiger partial charge < -0.3 is 19.4 Å². The molecular formula is C16H21N5O3. The lowest BCUT2D eigenvalue weighted by molar-refractivity contribution is -0.0881. The van der Waals surface area contributed by atoms with Gasteiger partial charge in [-0.15, -0.1) is 0 Å². The monoisotopic (exact) mass is 331 g/mol. The first-order valence-electron chi connectivity index (χ1n) is 8.25. The first kappa shape index (κ1) is 15.3. The van der Waals surface area contributed by atoms with Crippen LogP contribution < -0.4 is 0 Å². The molecule has 2 aliphatic rings. The summed E-state index contributed by atoms with van der Waals surface area (Å²) >= 11 is 0. The third-order valence-corrected chi connectivity index (χ3v) is 4.66. The number of hydrogen-bond donors (Lipinski definition) is 1. The van der Waals surface area contributed by atoms with Crippen molar-refractivity contribution in [2.45, 2.75) is 31.1 Å². The molecule has 1 spiro atoms. The normalized spacial score (nSPS) is 27.5. The van der Waals surface area contributed by atoms with Crippen molar-refractivity contribution in [2.24, 2.45) is 0 Å². The lowest BCUT2D eigenvalue weighted by Gasteiger charge is -2.31. The van der Waals surface area contributed by atoms with E-state index in [4.69, 9.17) is 9.47 Å². The summed E-state index contributed by atoms with van der Waals surface area (Å²) < 4.78 is 13.9. The van der Waals surface area contributed by atoms with Crippen LogP contribution >= 0.6 is 0 Å². The number of ether oxygens (including phenoxy) is 2. The fourth-order valence-corrected chi connectivity index (χ4v) is 3.49. The molecule has 2 fully saturated rings. The van der Waals surface area contributed by atoms with E-state index in [1.807, 2.05) is 11.0 Å². The highest BCUT2D eigenvalue weighted by atomic mass is 16.6. The summed E-state index contributed by atoms with van der Waals surface area (Å²) in [4.78, 5) is 21.4. The molecule has 2 atom stereocenters. The summed E-state index contributed by atoms with van der Waals surface area (Å²) in [6.45, 7) is 2.86. The van der Waals surface area contributed by atoms with Crippen LogP contribution in [0.1, 0.15) is 23.3 Å². The number of aromatic amines is 1. The Hall–Kier alpha value is -2.19. The maximum absolute atomic E-state index is 12.7. The van der Waals surface area contributed by atoms with Crippen LogP contribution in [0.5, 0.6) is 0 Å². The van der Waals surface area contributed by atoms with Gasteiger partial charge in [-0.2, -0.15) is 5.10 Å². The molecule has 1 amide bonds. The van der Waals surface area contributed by atoms with Gasteiger partial charge in [-0.3, -0.25) is 9.48 Å². The predicted molar refractivity (Wildman–Crippen MR) is 84.4 cm³/mol. The van der Waals surface area contributed by atoms with Crippen LogP contribution in [0.4, 0.5) is 0 Å². The van der Waals surface area contributed by atoms with Crippen LogP contribution in [-0.4, -0.2) is 68.6 Å². The van der Waals surface area contributed by atoms with Gasteiger partial charge in [0.25, 0.3) is 5.91 Å². The number of hydrogen-bond acceptors (Lipinski definition) is 5. The van der Waals surface area contributed by atoms with Crippen LogP contribution in [0.2, 0.25) is 0 Å². The molecule has 0 saturated carbocycles. The second kappa shape index (κ2) is 6.37. The molecule has 128 valence electrons. The molecule has 4 heterocycles. The van der Waals surface area contributed by atoms with E-state index in [0.717, 1.165) is 12.8 Å². The fourth-order valence-electron chi connectivity index (χ4n) is 3.49. The van der Waals surface area contributed by atoms with Crippen LogP contribution in [0.15, 0.2) is 31.0 Å². The average molecular weight is 331 g/mol. The van der Waals surface area contributed by atoms with E-state index in [1.54, 1.807) is 23.3 Å². The van der Waals surface area contributed by atoms with Crippen molar-refractivity contribution in [3.63, 3.8) is 0 Å². The molecule has 0 unspecified atom stereocenters. The van der Waals surface area contributed by atoms with Gasteiger partial charge in [-0.1, -0.05) is 0 Å². The molecule has 2 aromatic rings. The van der Waals surface area contributed by atoms with Gasteiger partial charge in [-0.25, -0.2) is 4.98 Å². The van der Waals surface area contributed by atoms with Crippen molar-refractivity contribution in [1.29, 1.82) is 0 Å². The largest absolute Gasteiger partial charge is 0.377 e. The molecule has 4 rings (SSSR count). The molecule has 24 heavy (non-hydrogen) atoms. The Labute approximate surface area is 139 Å². The molecule has 2 aromatic heterocycles. The van der Waals surface area contributed by atoms with E-state index in [9.17, 15) is 4.79 Å². The molecule has 8 heteroatoms. The van der Waals surface area contributed by atoms with E-state index < -0.39 is 5.60 Å². The molecule has 2 saturated heterocycles. The number of H-pyrrole nitrogens is 1. The summed E-state index contributed by atoms with van der Waals surface area (Å²) in [6, 6.07) is 3.63. The second-order valence-corrected chi connectivity index (χ2v) is 6.44. The highest BCUT2D eigenvalue weighted by Gasteiger charge is 2.44. The summed E-state index contributed by atoms with van der Waals surface area (Å²) in [5, 5.41) is 4.13. The first-order valence-corrected chi connectivity index (χ1v) is 8.25. The summed E-state index contributed by atoms with van der Waals surface area (Å²) in [5.41, 5.74) is 0.175. The quantitative estimate of drug-likeness (QED) is 0.895. The van der Waals surface area contributed by atoms with Crippen molar-refractivity contribution >= 4 is 5.91 Å². The minimum Gasteiger partial charge on any atom is -0.377 e. The van der Waals surface area contributed by atoms with Crippen LogP contribution in [0.25, 0.3) is 0 Å². The van der Waals surface area contributed by atoms with Gasteiger partial charge in [0, 0.05) is 12.7 Å². The lowest BCUT2D eigenvalue weighted by Crippen LogP contribution is -2.47. The van der Waals surface area contributed by atoms with E-state index in [1.165, 1.54) is 6.33 Å². The molecule has 0 aromatic carbocycles. The smallest absolute Gasteiger partial charge is 0.270 e. The van der Waals surface area contributed by atoms with Gasteiger partial charge in [-0.05, 0) is 25.0 Å². The summed E-state index contributed by atoms with van der Waals surface area (Å²) in [5.74, 6) is -0.00630. The Morgan fingerprint density at radius 2 is 2.46 bits per heavy atom. The Bertz CT molecular complexity index is 672. The molecule has 0 aliphatic carbocycles. The number of amides is 1. The number of aromatic nitrogens is 4. The van der Waals surface area contributed by atoms with Crippen LogP contribution in [-0.2, 0) is 16.0 Å². The number of carbonyl (C=O) groups is 1. The molecule has 1 N–H and O–H groups in total.